The van der Waals surface area contributed by atoms with E-state index in [-0.39, 0.29) is 12.2 Å². The smallest absolute Gasteiger partial charge is 0.332 e. The lowest BCUT2D eigenvalue weighted by Gasteiger charge is -2.07. The van der Waals surface area contributed by atoms with Gasteiger partial charge in [-0.15, -0.1) is 0 Å². The van der Waals surface area contributed by atoms with Crippen molar-refractivity contribution in [3.63, 3.8) is 0 Å². The summed E-state index contributed by atoms with van der Waals surface area (Å²) < 4.78 is 34.6. The van der Waals surface area contributed by atoms with E-state index in [1.165, 1.54) is 15.0 Å². The predicted molar refractivity (Wildman–Crippen MR) is 111 cm³/mol. The molecule has 0 aliphatic carbocycles. The highest BCUT2D eigenvalue weighted by Gasteiger charge is 2.07. The van der Waals surface area contributed by atoms with Crippen molar-refractivity contribution in [2.75, 3.05) is 7.11 Å². The minimum absolute atomic E-state index is 0.142. The molecule has 150 valence electrons. The summed E-state index contributed by atoms with van der Waals surface area (Å²) in [6.07, 6.45) is 3.89. The normalized spacial score (nSPS) is 10.6. The highest BCUT2D eigenvalue weighted by atomic mass is 19.2. The topological polar surface area (TPSA) is 35.6 Å². The number of rotatable bonds is 4. The molecule has 2 heterocycles. The van der Waals surface area contributed by atoms with Gasteiger partial charge in [-0.2, -0.15) is 0 Å². The Labute approximate surface area is 172 Å². The molecule has 0 saturated carbocycles. The third-order valence-corrected chi connectivity index (χ3v) is 4.75. The Kier molecular flexibility index (Phi) is 5.36. The van der Waals surface area contributed by atoms with Crippen LogP contribution in [0, 0.1) is 23.5 Å². The number of methoxy groups -OCH3 is 1. The van der Waals surface area contributed by atoms with Crippen LogP contribution in [-0.2, 0) is 13.0 Å². The summed E-state index contributed by atoms with van der Waals surface area (Å²) in [5, 5.41) is 0. The summed E-state index contributed by atoms with van der Waals surface area (Å²) in [7, 11) is 1.62. The zero-order valence-corrected chi connectivity index (χ0v) is 16.2. The van der Waals surface area contributed by atoms with Gasteiger partial charge >= 0.3 is 5.69 Å². The van der Waals surface area contributed by atoms with E-state index in [2.05, 4.69) is 11.8 Å². The average molecular weight is 404 g/mol. The summed E-state index contributed by atoms with van der Waals surface area (Å²) in [4.78, 5) is 12.8. The van der Waals surface area contributed by atoms with E-state index < -0.39 is 11.6 Å². The van der Waals surface area contributed by atoms with Gasteiger partial charge in [0.25, 0.3) is 0 Å². The SMILES string of the molecule is COc1ccc(CC#Cc2cc3ccn(Cc4ccc(F)c(F)c4)c(=O)n3c2)cc1. The van der Waals surface area contributed by atoms with Gasteiger partial charge in [0.15, 0.2) is 11.6 Å². The van der Waals surface area contributed by atoms with E-state index in [1.807, 2.05) is 30.3 Å². The standard InChI is InChI=1S/C24H18F2N2O2/c1-30-21-8-5-17(6-9-21)3-2-4-18-13-20-11-12-27(24(29)28(20)16-18)15-19-7-10-22(25)23(26)14-19/h5-14,16H,3,15H2,1H3. The van der Waals surface area contributed by atoms with Gasteiger partial charge < -0.3 is 4.74 Å². The quantitative estimate of drug-likeness (QED) is 0.482. The number of aromatic nitrogens is 2. The molecule has 0 fully saturated rings. The molecule has 0 aliphatic rings. The molecular weight excluding hydrogens is 386 g/mol. The fraction of sp³-hybridized carbons (Fsp3) is 0.125. The lowest BCUT2D eigenvalue weighted by Crippen LogP contribution is -2.25. The minimum Gasteiger partial charge on any atom is -0.497 e. The fourth-order valence-electron chi connectivity index (χ4n) is 3.16. The van der Waals surface area contributed by atoms with E-state index in [9.17, 15) is 13.6 Å². The number of fused-ring (bicyclic) bond motifs is 1. The molecule has 2 aromatic heterocycles. The average Bonchev–Trinajstić information content (AvgIpc) is 3.17. The predicted octanol–water partition coefficient (Wildman–Crippen LogP) is 4.03. The highest BCUT2D eigenvalue weighted by molar-refractivity contribution is 5.54. The maximum Gasteiger partial charge on any atom is 0.332 e. The van der Waals surface area contributed by atoms with Gasteiger partial charge in [-0.1, -0.05) is 30.0 Å². The minimum atomic E-state index is -0.933. The van der Waals surface area contributed by atoms with Gasteiger partial charge in [0.1, 0.15) is 5.75 Å². The number of nitrogens with zero attached hydrogens (tertiary/aromatic N) is 2. The van der Waals surface area contributed by atoms with Crippen molar-refractivity contribution in [3.8, 4) is 17.6 Å². The maximum atomic E-state index is 13.4. The third-order valence-electron chi connectivity index (χ3n) is 4.75. The van der Waals surface area contributed by atoms with E-state index in [1.54, 1.807) is 25.6 Å². The molecule has 0 saturated heterocycles. The molecule has 0 radical (unpaired) electrons. The Hall–Kier alpha value is -3.85. The van der Waals surface area contributed by atoms with E-state index in [4.69, 9.17) is 4.74 Å². The second-order valence-corrected chi connectivity index (χ2v) is 6.82. The number of hydrogen-bond donors (Lipinski definition) is 0. The van der Waals surface area contributed by atoms with Gasteiger partial charge in [-0.05, 0) is 47.5 Å². The molecule has 4 aromatic rings. The number of hydrogen-bond acceptors (Lipinski definition) is 2. The van der Waals surface area contributed by atoms with Crippen LogP contribution in [0.3, 0.4) is 0 Å². The van der Waals surface area contributed by atoms with Crippen LogP contribution in [0.15, 0.2) is 71.8 Å². The Morgan fingerprint density at radius 3 is 2.47 bits per heavy atom. The zero-order valence-electron chi connectivity index (χ0n) is 16.2. The molecule has 0 aliphatic heterocycles. The van der Waals surface area contributed by atoms with Crippen molar-refractivity contribution in [1.82, 2.24) is 8.97 Å². The van der Waals surface area contributed by atoms with Crippen molar-refractivity contribution >= 4 is 5.52 Å². The lowest BCUT2D eigenvalue weighted by molar-refractivity contribution is 0.414. The van der Waals surface area contributed by atoms with Crippen molar-refractivity contribution < 1.29 is 13.5 Å². The van der Waals surface area contributed by atoms with E-state index >= 15 is 0 Å². The van der Waals surface area contributed by atoms with Gasteiger partial charge in [0.2, 0.25) is 0 Å². The molecule has 0 bridgehead atoms. The summed E-state index contributed by atoms with van der Waals surface area (Å²) in [6, 6.07) is 14.9. The molecule has 4 nitrogen and oxygen atoms in total. The first kappa shape index (κ1) is 19.5. The largest absolute Gasteiger partial charge is 0.497 e. The van der Waals surface area contributed by atoms with Crippen molar-refractivity contribution in [1.29, 1.82) is 0 Å². The molecule has 0 amide bonds. The monoisotopic (exact) mass is 404 g/mol. The Bertz CT molecular complexity index is 1330. The van der Waals surface area contributed by atoms with Gasteiger partial charge in [0.05, 0.1) is 19.2 Å². The fourth-order valence-corrected chi connectivity index (χ4v) is 3.16. The molecule has 4 rings (SSSR count). The molecule has 0 N–H and O–H groups in total. The van der Waals surface area contributed by atoms with Crippen molar-refractivity contribution in [3.05, 3.63) is 106 Å². The second kappa shape index (κ2) is 8.26. The molecule has 0 atom stereocenters. The summed E-state index contributed by atoms with van der Waals surface area (Å²) in [6.45, 7) is 0.142. The number of ether oxygens (including phenoxy) is 1. The first-order chi connectivity index (χ1) is 14.5. The lowest BCUT2D eigenvalue weighted by atomic mass is 10.1. The summed E-state index contributed by atoms with van der Waals surface area (Å²) in [5.41, 5.74) is 2.74. The van der Waals surface area contributed by atoms with Crippen molar-refractivity contribution in [2.45, 2.75) is 13.0 Å². The van der Waals surface area contributed by atoms with E-state index in [0.717, 1.165) is 34.5 Å². The van der Waals surface area contributed by atoms with Gasteiger partial charge in [0, 0.05) is 24.4 Å². The van der Waals surface area contributed by atoms with Crippen molar-refractivity contribution in [2.24, 2.45) is 0 Å². The van der Waals surface area contributed by atoms with Crippen LogP contribution in [0.1, 0.15) is 16.7 Å². The van der Waals surface area contributed by atoms with Crippen LogP contribution < -0.4 is 10.4 Å². The van der Waals surface area contributed by atoms with Gasteiger partial charge in [-0.3, -0.25) is 8.97 Å². The first-order valence-electron chi connectivity index (χ1n) is 9.31. The molecule has 0 unspecified atom stereocenters. The molecule has 30 heavy (non-hydrogen) atoms. The first-order valence-corrected chi connectivity index (χ1v) is 9.31. The zero-order chi connectivity index (χ0) is 21.1. The summed E-state index contributed by atoms with van der Waals surface area (Å²) >= 11 is 0. The molecule has 6 heteroatoms. The summed E-state index contributed by atoms with van der Waals surface area (Å²) in [5.74, 6) is 5.14. The van der Waals surface area contributed by atoms with Crippen LogP contribution in [0.4, 0.5) is 8.78 Å². The Morgan fingerprint density at radius 2 is 1.73 bits per heavy atom. The van der Waals surface area contributed by atoms with Crippen LogP contribution in [0.2, 0.25) is 0 Å². The Morgan fingerprint density at radius 1 is 0.967 bits per heavy atom. The van der Waals surface area contributed by atoms with Crippen LogP contribution >= 0.6 is 0 Å². The molecule has 0 spiro atoms. The van der Waals surface area contributed by atoms with Crippen LogP contribution in [0.25, 0.3) is 5.52 Å². The van der Waals surface area contributed by atoms with Crippen LogP contribution in [-0.4, -0.2) is 16.1 Å². The molecule has 2 aromatic carbocycles. The second-order valence-electron chi connectivity index (χ2n) is 6.82. The van der Waals surface area contributed by atoms with Gasteiger partial charge in [-0.25, -0.2) is 13.6 Å². The molecular formula is C24H18F2N2O2. The maximum absolute atomic E-state index is 13.4. The van der Waals surface area contributed by atoms with E-state index in [0.29, 0.717) is 12.0 Å². The number of halogens is 2. The third kappa shape index (κ3) is 4.11. The highest BCUT2D eigenvalue weighted by Crippen LogP contribution is 2.12. The Balaban J connectivity index is 1.55. The number of benzene rings is 2. The van der Waals surface area contributed by atoms with Crippen LogP contribution in [0.5, 0.6) is 5.75 Å².